The SMILES string of the molecule is CCCCCNC(=O)CCN(C(C)=O)c1cccc(NC(C)=O)c1. The van der Waals surface area contributed by atoms with Crippen LogP contribution >= 0.6 is 0 Å². The molecule has 0 aromatic heterocycles. The molecule has 0 unspecified atom stereocenters. The van der Waals surface area contributed by atoms with Crippen molar-refractivity contribution in [2.75, 3.05) is 23.3 Å². The number of anilines is 2. The van der Waals surface area contributed by atoms with Gasteiger partial charge in [-0.3, -0.25) is 14.4 Å². The summed E-state index contributed by atoms with van der Waals surface area (Å²) >= 11 is 0. The Morgan fingerprint density at radius 3 is 2.50 bits per heavy atom. The van der Waals surface area contributed by atoms with E-state index in [2.05, 4.69) is 17.6 Å². The van der Waals surface area contributed by atoms with Gasteiger partial charge in [0.15, 0.2) is 0 Å². The minimum atomic E-state index is -0.173. The molecule has 0 saturated carbocycles. The number of rotatable bonds is 9. The highest BCUT2D eigenvalue weighted by molar-refractivity contribution is 5.94. The molecule has 1 aromatic carbocycles. The van der Waals surface area contributed by atoms with Crippen molar-refractivity contribution in [3.05, 3.63) is 24.3 Å². The number of unbranched alkanes of at least 4 members (excludes halogenated alkanes) is 2. The fraction of sp³-hybridized carbons (Fsp3) is 0.500. The number of carbonyl (C=O) groups excluding carboxylic acids is 3. The molecule has 0 atom stereocenters. The molecular formula is C18H27N3O3. The maximum atomic E-state index is 11.9. The lowest BCUT2D eigenvalue weighted by Gasteiger charge is -2.21. The number of benzene rings is 1. The number of carbonyl (C=O) groups is 3. The summed E-state index contributed by atoms with van der Waals surface area (Å²) in [6.07, 6.45) is 3.42. The van der Waals surface area contributed by atoms with Gasteiger partial charge in [-0.25, -0.2) is 0 Å². The van der Waals surface area contributed by atoms with Crippen LogP contribution in [-0.4, -0.2) is 30.8 Å². The predicted octanol–water partition coefficient (Wildman–Crippen LogP) is 2.69. The molecule has 1 aromatic rings. The van der Waals surface area contributed by atoms with Crippen molar-refractivity contribution in [1.29, 1.82) is 0 Å². The summed E-state index contributed by atoms with van der Waals surface area (Å²) in [6, 6.07) is 7.03. The topological polar surface area (TPSA) is 78.5 Å². The van der Waals surface area contributed by atoms with Crippen molar-refractivity contribution in [3.63, 3.8) is 0 Å². The lowest BCUT2D eigenvalue weighted by atomic mass is 10.2. The number of amides is 3. The average Bonchev–Trinajstić information content (AvgIpc) is 2.51. The Morgan fingerprint density at radius 1 is 1.12 bits per heavy atom. The summed E-state index contributed by atoms with van der Waals surface area (Å²) in [5.74, 6) is -0.378. The molecule has 2 N–H and O–H groups in total. The fourth-order valence-corrected chi connectivity index (χ4v) is 2.33. The Hall–Kier alpha value is -2.37. The Balaban J connectivity index is 2.62. The zero-order valence-electron chi connectivity index (χ0n) is 14.7. The van der Waals surface area contributed by atoms with Crippen molar-refractivity contribution < 1.29 is 14.4 Å². The van der Waals surface area contributed by atoms with E-state index in [9.17, 15) is 14.4 Å². The van der Waals surface area contributed by atoms with Crippen molar-refractivity contribution in [1.82, 2.24) is 5.32 Å². The Kier molecular flexibility index (Phi) is 8.54. The van der Waals surface area contributed by atoms with Crippen molar-refractivity contribution in [2.45, 2.75) is 46.5 Å². The van der Waals surface area contributed by atoms with E-state index in [-0.39, 0.29) is 24.1 Å². The molecule has 0 heterocycles. The van der Waals surface area contributed by atoms with E-state index >= 15 is 0 Å². The summed E-state index contributed by atoms with van der Waals surface area (Å²) in [6.45, 7) is 5.98. The quantitative estimate of drug-likeness (QED) is 0.682. The minimum absolute atomic E-state index is 0.0598. The molecule has 0 aliphatic heterocycles. The van der Waals surface area contributed by atoms with Gasteiger partial charge in [0.25, 0.3) is 0 Å². The Bertz CT molecular complexity index is 572. The molecule has 24 heavy (non-hydrogen) atoms. The van der Waals surface area contributed by atoms with Crippen molar-refractivity contribution in [3.8, 4) is 0 Å². The van der Waals surface area contributed by atoms with Gasteiger partial charge in [-0.05, 0) is 24.6 Å². The monoisotopic (exact) mass is 333 g/mol. The number of nitrogens with one attached hydrogen (secondary N) is 2. The molecule has 0 bridgehead atoms. The van der Waals surface area contributed by atoms with Crippen LogP contribution in [0.5, 0.6) is 0 Å². The molecule has 132 valence electrons. The first-order valence-corrected chi connectivity index (χ1v) is 8.36. The van der Waals surface area contributed by atoms with E-state index < -0.39 is 0 Å². The first-order chi connectivity index (χ1) is 11.4. The standard InChI is InChI=1S/C18H27N3O3/c1-4-5-6-11-19-18(24)10-12-21(15(3)23)17-9-7-8-16(13-17)20-14(2)22/h7-9,13H,4-6,10-12H2,1-3H3,(H,19,24)(H,20,22). The van der Waals surface area contributed by atoms with Gasteiger partial charge in [0, 0.05) is 44.7 Å². The average molecular weight is 333 g/mol. The molecule has 0 aliphatic carbocycles. The summed E-state index contributed by atoms with van der Waals surface area (Å²) in [7, 11) is 0. The van der Waals surface area contributed by atoms with E-state index in [1.54, 1.807) is 24.3 Å². The second kappa shape index (κ2) is 10.4. The molecule has 0 aliphatic rings. The summed E-state index contributed by atoms with van der Waals surface area (Å²) in [5, 5.41) is 5.55. The van der Waals surface area contributed by atoms with Gasteiger partial charge >= 0.3 is 0 Å². The lowest BCUT2D eigenvalue weighted by Crippen LogP contribution is -2.34. The van der Waals surface area contributed by atoms with Gasteiger partial charge in [-0.2, -0.15) is 0 Å². The van der Waals surface area contributed by atoms with Gasteiger partial charge in [0.2, 0.25) is 17.7 Å². The van der Waals surface area contributed by atoms with Gasteiger partial charge in [-0.15, -0.1) is 0 Å². The second-order valence-corrected chi connectivity index (χ2v) is 5.71. The molecule has 0 radical (unpaired) electrons. The third kappa shape index (κ3) is 7.26. The van der Waals surface area contributed by atoms with E-state index in [4.69, 9.17) is 0 Å². The maximum absolute atomic E-state index is 11.9. The molecule has 6 heteroatoms. The lowest BCUT2D eigenvalue weighted by molar-refractivity contribution is -0.121. The highest BCUT2D eigenvalue weighted by atomic mass is 16.2. The third-order valence-corrected chi connectivity index (χ3v) is 3.52. The molecule has 3 amide bonds. The van der Waals surface area contributed by atoms with E-state index in [0.29, 0.717) is 24.5 Å². The summed E-state index contributed by atoms with van der Waals surface area (Å²) < 4.78 is 0. The molecule has 6 nitrogen and oxygen atoms in total. The second-order valence-electron chi connectivity index (χ2n) is 5.71. The highest BCUT2D eigenvalue weighted by Crippen LogP contribution is 2.20. The highest BCUT2D eigenvalue weighted by Gasteiger charge is 2.14. The van der Waals surface area contributed by atoms with Crippen LogP contribution < -0.4 is 15.5 Å². The van der Waals surface area contributed by atoms with Crippen molar-refractivity contribution >= 4 is 29.1 Å². The van der Waals surface area contributed by atoms with Crippen LogP contribution in [0, 0.1) is 0 Å². The Labute approximate surface area is 143 Å². The summed E-state index contributed by atoms with van der Waals surface area (Å²) in [4.78, 5) is 36.5. The largest absolute Gasteiger partial charge is 0.356 e. The molecule has 0 spiro atoms. The first-order valence-electron chi connectivity index (χ1n) is 8.36. The van der Waals surface area contributed by atoms with Crippen LogP contribution in [0.4, 0.5) is 11.4 Å². The number of hydrogen-bond donors (Lipinski definition) is 2. The van der Waals surface area contributed by atoms with Crippen LogP contribution in [0.1, 0.15) is 46.5 Å². The first kappa shape index (κ1) is 19.7. The third-order valence-electron chi connectivity index (χ3n) is 3.52. The number of nitrogens with zero attached hydrogens (tertiary/aromatic N) is 1. The number of hydrogen-bond acceptors (Lipinski definition) is 3. The van der Waals surface area contributed by atoms with Crippen molar-refractivity contribution in [2.24, 2.45) is 0 Å². The van der Waals surface area contributed by atoms with E-state index in [1.807, 2.05) is 0 Å². The van der Waals surface area contributed by atoms with Crippen LogP contribution in [0.25, 0.3) is 0 Å². The van der Waals surface area contributed by atoms with Gasteiger partial charge < -0.3 is 15.5 Å². The molecule has 0 saturated heterocycles. The molecule has 1 rings (SSSR count). The normalized spacial score (nSPS) is 10.1. The van der Waals surface area contributed by atoms with Crippen LogP contribution in [0.3, 0.4) is 0 Å². The maximum Gasteiger partial charge on any atom is 0.223 e. The zero-order chi connectivity index (χ0) is 17.9. The molecular weight excluding hydrogens is 306 g/mol. The predicted molar refractivity (Wildman–Crippen MR) is 95.9 cm³/mol. The zero-order valence-corrected chi connectivity index (χ0v) is 14.7. The Morgan fingerprint density at radius 2 is 1.88 bits per heavy atom. The minimum Gasteiger partial charge on any atom is -0.356 e. The van der Waals surface area contributed by atoms with Gasteiger partial charge in [0.1, 0.15) is 0 Å². The summed E-state index contributed by atoms with van der Waals surface area (Å²) in [5.41, 5.74) is 1.28. The van der Waals surface area contributed by atoms with E-state index in [0.717, 1.165) is 19.3 Å². The van der Waals surface area contributed by atoms with Crippen LogP contribution in [-0.2, 0) is 14.4 Å². The van der Waals surface area contributed by atoms with Gasteiger partial charge in [-0.1, -0.05) is 25.8 Å². The van der Waals surface area contributed by atoms with Crippen LogP contribution in [0.2, 0.25) is 0 Å². The molecule has 0 fully saturated rings. The van der Waals surface area contributed by atoms with Crippen LogP contribution in [0.15, 0.2) is 24.3 Å². The van der Waals surface area contributed by atoms with E-state index in [1.165, 1.54) is 18.7 Å². The smallest absolute Gasteiger partial charge is 0.223 e. The fourth-order valence-electron chi connectivity index (χ4n) is 2.33. The van der Waals surface area contributed by atoms with Gasteiger partial charge in [0.05, 0.1) is 0 Å².